The zero-order chi connectivity index (χ0) is 15.8. The summed E-state index contributed by atoms with van der Waals surface area (Å²) in [5.74, 6) is -1.98. The number of nitrogens with two attached hydrogens (primary N) is 1. The number of carbonyl (C=O) groups is 2. The van der Waals surface area contributed by atoms with Crippen molar-refractivity contribution in [3.05, 3.63) is 59.7 Å². The molecule has 0 atom stereocenters. The molecular weight excluding hydrogens is 296 g/mol. The van der Waals surface area contributed by atoms with E-state index in [-0.39, 0.29) is 11.1 Å². The molecule has 6 nitrogen and oxygen atoms in total. The van der Waals surface area contributed by atoms with Gasteiger partial charge in [-0.3, -0.25) is 4.84 Å². The molecule has 21 heavy (non-hydrogen) atoms. The van der Waals surface area contributed by atoms with Gasteiger partial charge in [0.15, 0.2) is 0 Å². The number of para-hydroxylation sites is 2. The fourth-order valence-electron chi connectivity index (χ4n) is 1.44. The van der Waals surface area contributed by atoms with Crippen LogP contribution in [0, 0.1) is 0 Å². The first-order valence-electron chi connectivity index (χ1n) is 5.74. The number of nitrogens with one attached hydrogen (secondary N) is 1. The van der Waals surface area contributed by atoms with Crippen LogP contribution in [0.3, 0.4) is 0 Å². The fraction of sp³-hybridized carbons (Fsp3) is 0. The van der Waals surface area contributed by atoms with Gasteiger partial charge in [0.2, 0.25) is 0 Å². The lowest BCUT2D eigenvalue weighted by Gasteiger charge is -2.00. The Bertz CT molecular complexity index is 646. The van der Waals surface area contributed by atoms with Gasteiger partial charge in [0.05, 0.1) is 16.8 Å². The number of rotatable bonds is 3. The zero-order valence-corrected chi connectivity index (χ0v) is 11.5. The Morgan fingerprint density at radius 1 is 0.905 bits per heavy atom. The number of nitrogen functional groups attached to an aromatic ring is 1. The second kappa shape index (κ2) is 7.76. The summed E-state index contributed by atoms with van der Waals surface area (Å²) in [5, 5.41) is 17.1. The van der Waals surface area contributed by atoms with E-state index >= 15 is 0 Å². The molecule has 0 bridgehead atoms. The van der Waals surface area contributed by atoms with Gasteiger partial charge in [-0.05, 0) is 24.3 Å². The standard InChI is InChI=1S/C7H6ClNO2.C7H7NO2/c8-9-6-4-2-1-3-5(6)7(10)11;8-6-4-2-1-3-5(6)7(9)10/h1-4,9H,(H,10,11);1-4H,8H2,(H,9,10). The molecule has 0 saturated carbocycles. The molecule has 0 heterocycles. The second-order valence-corrected chi connectivity index (χ2v) is 4.03. The van der Waals surface area contributed by atoms with Gasteiger partial charge >= 0.3 is 11.9 Å². The molecule has 2 rings (SSSR count). The number of carboxylic acid groups (broad SMARTS) is 2. The van der Waals surface area contributed by atoms with E-state index in [1.807, 2.05) is 0 Å². The van der Waals surface area contributed by atoms with E-state index < -0.39 is 11.9 Å². The first-order valence-corrected chi connectivity index (χ1v) is 6.12. The van der Waals surface area contributed by atoms with Crippen molar-refractivity contribution in [2.45, 2.75) is 0 Å². The molecule has 2 aromatic rings. The van der Waals surface area contributed by atoms with Crippen LogP contribution in [0.5, 0.6) is 0 Å². The van der Waals surface area contributed by atoms with Crippen LogP contribution in [0.15, 0.2) is 48.5 Å². The largest absolute Gasteiger partial charge is 0.478 e. The van der Waals surface area contributed by atoms with Crippen molar-refractivity contribution in [1.29, 1.82) is 0 Å². The molecule has 110 valence electrons. The molecule has 0 unspecified atom stereocenters. The minimum atomic E-state index is -0.992. The lowest BCUT2D eigenvalue weighted by molar-refractivity contribution is 0.0687. The van der Waals surface area contributed by atoms with E-state index in [1.165, 1.54) is 12.1 Å². The van der Waals surface area contributed by atoms with Crippen molar-refractivity contribution in [3.8, 4) is 0 Å². The van der Waals surface area contributed by atoms with E-state index in [1.54, 1.807) is 36.4 Å². The molecule has 0 aliphatic carbocycles. The molecule has 0 radical (unpaired) electrons. The molecule has 0 amide bonds. The monoisotopic (exact) mass is 308 g/mol. The van der Waals surface area contributed by atoms with Crippen molar-refractivity contribution in [1.82, 2.24) is 0 Å². The normalized spacial score (nSPS) is 9.19. The Morgan fingerprint density at radius 2 is 1.38 bits per heavy atom. The lowest BCUT2D eigenvalue weighted by Crippen LogP contribution is -2.00. The van der Waals surface area contributed by atoms with Crippen LogP contribution in [0.25, 0.3) is 0 Å². The second-order valence-electron chi connectivity index (χ2n) is 3.84. The Balaban J connectivity index is 0.000000211. The Morgan fingerprint density at radius 3 is 1.76 bits per heavy atom. The molecule has 0 fully saturated rings. The third-order valence-electron chi connectivity index (χ3n) is 2.45. The summed E-state index contributed by atoms with van der Waals surface area (Å²) in [6.07, 6.45) is 0. The smallest absolute Gasteiger partial charge is 0.337 e. The van der Waals surface area contributed by atoms with Crippen LogP contribution < -0.4 is 10.6 Å². The summed E-state index contributed by atoms with van der Waals surface area (Å²) in [6, 6.07) is 12.8. The van der Waals surface area contributed by atoms with Crippen molar-refractivity contribution in [2.75, 3.05) is 10.6 Å². The number of benzene rings is 2. The average molecular weight is 309 g/mol. The Labute approximate surface area is 125 Å². The number of halogens is 1. The third kappa shape index (κ3) is 4.70. The van der Waals surface area contributed by atoms with E-state index in [9.17, 15) is 9.59 Å². The number of hydrogen-bond acceptors (Lipinski definition) is 4. The van der Waals surface area contributed by atoms with Crippen LogP contribution in [-0.4, -0.2) is 22.2 Å². The maximum atomic E-state index is 10.5. The van der Waals surface area contributed by atoms with Crippen LogP contribution in [0.2, 0.25) is 0 Å². The minimum absolute atomic E-state index is 0.155. The van der Waals surface area contributed by atoms with Crippen molar-refractivity contribution < 1.29 is 19.8 Å². The highest BCUT2D eigenvalue weighted by Gasteiger charge is 2.06. The summed E-state index contributed by atoms with van der Waals surface area (Å²) in [6.45, 7) is 0. The highest BCUT2D eigenvalue weighted by Crippen LogP contribution is 2.14. The van der Waals surface area contributed by atoms with Crippen LogP contribution >= 0.6 is 11.8 Å². The van der Waals surface area contributed by atoms with Crippen LogP contribution in [0.4, 0.5) is 11.4 Å². The molecule has 2 aromatic carbocycles. The van der Waals surface area contributed by atoms with Gasteiger partial charge in [-0.15, -0.1) is 0 Å². The molecule has 5 N–H and O–H groups in total. The number of anilines is 2. The number of hydrogen-bond donors (Lipinski definition) is 4. The Hall–Kier alpha value is -2.73. The molecule has 0 spiro atoms. The fourth-order valence-corrected chi connectivity index (χ4v) is 1.61. The quantitative estimate of drug-likeness (QED) is 0.512. The van der Waals surface area contributed by atoms with Gasteiger partial charge in [-0.1, -0.05) is 24.3 Å². The SMILES string of the molecule is Nc1ccccc1C(=O)O.O=C(O)c1ccccc1NCl. The van der Waals surface area contributed by atoms with Crippen LogP contribution in [-0.2, 0) is 0 Å². The summed E-state index contributed by atoms with van der Waals surface area (Å²) >= 11 is 5.26. The molecule has 0 aliphatic rings. The van der Waals surface area contributed by atoms with E-state index in [2.05, 4.69) is 4.84 Å². The molecule has 0 saturated heterocycles. The maximum Gasteiger partial charge on any atom is 0.337 e. The number of carboxylic acids is 2. The van der Waals surface area contributed by atoms with Crippen LogP contribution in [0.1, 0.15) is 20.7 Å². The van der Waals surface area contributed by atoms with Gasteiger partial charge < -0.3 is 15.9 Å². The van der Waals surface area contributed by atoms with Gasteiger partial charge in [0.25, 0.3) is 0 Å². The van der Waals surface area contributed by atoms with Crippen molar-refractivity contribution >= 4 is 35.1 Å². The molecular formula is C14H13ClN2O4. The van der Waals surface area contributed by atoms with Crippen molar-refractivity contribution in [2.24, 2.45) is 0 Å². The first-order chi connectivity index (χ1) is 9.97. The topological polar surface area (TPSA) is 113 Å². The van der Waals surface area contributed by atoms with Gasteiger partial charge in [-0.2, -0.15) is 0 Å². The third-order valence-corrected chi connectivity index (χ3v) is 2.65. The van der Waals surface area contributed by atoms with Gasteiger partial charge in [0.1, 0.15) is 0 Å². The summed E-state index contributed by atoms with van der Waals surface area (Å²) < 4.78 is 0. The van der Waals surface area contributed by atoms with Gasteiger partial charge in [0, 0.05) is 17.5 Å². The minimum Gasteiger partial charge on any atom is -0.478 e. The van der Waals surface area contributed by atoms with Gasteiger partial charge in [-0.25, -0.2) is 9.59 Å². The van der Waals surface area contributed by atoms with E-state index in [4.69, 9.17) is 27.7 Å². The van der Waals surface area contributed by atoms with Crippen molar-refractivity contribution in [3.63, 3.8) is 0 Å². The maximum absolute atomic E-state index is 10.5. The number of aromatic carboxylic acids is 2. The van der Waals surface area contributed by atoms with E-state index in [0.717, 1.165) is 0 Å². The molecule has 0 aliphatic heterocycles. The highest BCUT2D eigenvalue weighted by molar-refractivity contribution is 6.25. The first kappa shape index (κ1) is 16.3. The highest BCUT2D eigenvalue weighted by atomic mass is 35.5. The zero-order valence-electron chi connectivity index (χ0n) is 10.8. The summed E-state index contributed by atoms with van der Waals surface area (Å²) in [7, 11) is 0. The Kier molecular flexibility index (Phi) is 6.03. The van der Waals surface area contributed by atoms with E-state index in [0.29, 0.717) is 11.4 Å². The predicted octanol–water partition coefficient (Wildman–Crippen LogP) is 2.92. The lowest BCUT2D eigenvalue weighted by atomic mass is 10.2. The molecule has 0 aromatic heterocycles. The summed E-state index contributed by atoms with van der Waals surface area (Å²) in [4.78, 5) is 23.1. The summed E-state index contributed by atoms with van der Waals surface area (Å²) in [5.41, 5.74) is 6.37. The molecule has 7 heteroatoms. The predicted molar refractivity (Wildman–Crippen MR) is 80.7 cm³/mol. The average Bonchev–Trinajstić information content (AvgIpc) is 2.48.